The normalized spacial score (nSPS) is 12.1. The van der Waals surface area contributed by atoms with Crippen LogP contribution in [0.3, 0.4) is 0 Å². The molecule has 7 nitrogen and oxygen atoms in total. The second-order valence-electron chi connectivity index (χ2n) is 2.78. The van der Waals surface area contributed by atoms with E-state index in [-0.39, 0.29) is 5.44 Å². The van der Waals surface area contributed by atoms with Crippen LogP contribution in [0.15, 0.2) is 12.4 Å². The molecule has 0 saturated heterocycles. The summed E-state index contributed by atoms with van der Waals surface area (Å²) in [6.07, 6.45) is 2.04. The van der Waals surface area contributed by atoms with Crippen molar-refractivity contribution >= 4 is 13.0 Å². The van der Waals surface area contributed by atoms with Gasteiger partial charge >= 0.3 is 7.60 Å². The molecule has 8 heteroatoms. The molecule has 1 aromatic heterocycles. The number of aromatic nitrogens is 2. The molecular weight excluding hydrogens is 207 g/mol. The van der Waals surface area contributed by atoms with Gasteiger partial charge in [0.15, 0.2) is 5.44 Å². The molecule has 6 N–H and O–H groups in total. The fraction of sp³-hybridized carbons (Fsp3) is 0.333. The summed E-state index contributed by atoms with van der Waals surface area (Å²) in [5.41, 5.74) is 10.8. The molecule has 0 bridgehead atoms. The van der Waals surface area contributed by atoms with Crippen molar-refractivity contribution in [1.82, 2.24) is 9.97 Å². The van der Waals surface area contributed by atoms with Crippen molar-refractivity contribution in [3.05, 3.63) is 18.1 Å². The van der Waals surface area contributed by atoms with Crippen LogP contribution in [0.5, 0.6) is 0 Å². The molecule has 0 unspecified atom stereocenters. The van der Waals surface area contributed by atoms with Crippen LogP contribution in [0, 0.1) is 0 Å². The monoisotopic (exact) mass is 218 g/mol. The highest BCUT2D eigenvalue weighted by atomic mass is 31.2. The Morgan fingerprint density at radius 3 is 2.36 bits per heavy atom. The number of hydrogen-bond acceptors (Lipinski definition) is 5. The third kappa shape index (κ3) is 3.13. The van der Waals surface area contributed by atoms with Crippen LogP contribution in [0.4, 0.5) is 0 Å². The fourth-order valence-corrected chi connectivity index (χ4v) is 1.26. The highest BCUT2D eigenvalue weighted by Crippen LogP contribution is 2.31. The largest absolute Gasteiger partial charge is 0.376 e. The minimum Gasteiger partial charge on any atom is -0.320 e. The van der Waals surface area contributed by atoms with Gasteiger partial charge in [0, 0.05) is 12.6 Å². The standard InChI is InChI=1S/C6H11N4O3P/c7-5(8)1-4-2-10-6(3-9-4)14(11,12)13/h2-3,5H,1,7-8H2,(H2,11,12,13). The van der Waals surface area contributed by atoms with Gasteiger partial charge in [-0.3, -0.25) is 9.55 Å². The van der Waals surface area contributed by atoms with Crippen LogP contribution >= 0.6 is 7.60 Å². The summed E-state index contributed by atoms with van der Waals surface area (Å²) in [4.78, 5) is 24.8. The zero-order chi connectivity index (χ0) is 10.8. The molecule has 1 rings (SSSR count). The minimum atomic E-state index is -4.31. The Morgan fingerprint density at radius 1 is 1.36 bits per heavy atom. The average molecular weight is 218 g/mol. The van der Waals surface area contributed by atoms with E-state index in [2.05, 4.69) is 9.97 Å². The highest BCUT2D eigenvalue weighted by Gasteiger charge is 2.19. The van der Waals surface area contributed by atoms with Gasteiger partial charge in [-0.2, -0.15) is 0 Å². The first-order valence-corrected chi connectivity index (χ1v) is 5.39. The van der Waals surface area contributed by atoms with Crippen molar-refractivity contribution in [3.8, 4) is 0 Å². The van der Waals surface area contributed by atoms with Gasteiger partial charge in [0.05, 0.1) is 18.1 Å². The second-order valence-corrected chi connectivity index (χ2v) is 4.32. The summed E-state index contributed by atoms with van der Waals surface area (Å²) in [6.45, 7) is 0. The Labute approximate surface area is 80.3 Å². The summed E-state index contributed by atoms with van der Waals surface area (Å²) in [7, 11) is -4.31. The van der Waals surface area contributed by atoms with E-state index in [4.69, 9.17) is 21.3 Å². The van der Waals surface area contributed by atoms with E-state index < -0.39 is 13.8 Å². The zero-order valence-corrected chi connectivity index (χ0v) is 8.13. The predicted molar refractivity (Wildman–Crippen MR) is 49.6 cm³/mol. The Balaban J connectivity index is 2.84. The van der Waals surface area contributed by atoms with Crippen molar-refractivity contribution in [2.24, 2.45) is 11.5 Å². The van der Waals surface area contributed by atoms with Gasteiger partial charge in [0.1, 0.15) is 0 Å². The van der Waals surface area contributed by atoms with Crippen LogP contribution < -0.4 is 16.9 Å². The lowest BCUT2D eigenvalue weighted by molar-refractivity contribution is 0.386. The van der Waals surface area contributed by atoms with Crippen LogP contribution in [-0.2, 0) is 11.0 Å². The Hall–Kier alpha value is -0.850. The first-order chi connectivity index (χ1) is 6.39. The van der Waals surface area contributed by atoms with Crippen molar-refractivity contribution in [1.29, 1.82) is 0 Å². The first-order valence-electron chi connectivity index (χ1n) is 3.78. The topological polar surface area (TPSA) is 135 Å². The summed E-state index contributed by atoms with van der Waals surface area (Å²) in [6, 6.07) is 0. The second kappa shape index (κ2) is 4.12. The SMILES string of the molecule is NC(N)Cc1cnc(P(=O)(O)O)cn1. The van der Waals surface area contributed by atoms with Crippen molar-refractivity contribution < 1.29 is 14.4 Å². The molecule has 0 aliphatic carbocycles. The molecule has 14 heavy (non-hydrogen) atoms. The summed E-state index contributed by atoms with van der Waals surface area (Å²) < 4.78 is 10.7. The summed E-state index contributed by atoms with van der Waals surface area (Å²) >= 11 is 0. The third-order valence-corrected chi connectivity index (χ3v) is 2.26. The van der Waals surface area contributed by atoms with E-state index in [9.17, 15) is 4.57 Å². The maximum atomic E-state index is 10.7. The van der Waals surface area contributed by atoms with Crippen LogP contribution in [0.25, 0.3) is 0 Å². The molecule has 0 saturated carbocycles. The van der Waals surface area contributed by atoms with Crippen LogP contribution in [0.1, 0.15) is 5.69 Å². The fourth-order valence-electron chi connectivity index (χ4n) is 0.845. The zero-order valence-electron chi connectivity index (χ0n) is 7.24. The number of nitrogens with zero attached hydrogens (tertiary/aromatic N) is 2. The van der Waals surface area contributed by atoms with Gasteiger partial charge in [-0.25, -0.2) is 4.98 Å². The van der Waals surface area contributed by atoms with E-state index in [0.717, 1.165) is 6.20 Å². The molecule has 0 amide bonds. The predicted octanol–water partition coefficient (Wildman–Crippen LogP) is -1.93. The van der Waals surface area contributed by atoms with E-state index in [1.54, 1.807) is 0 Å². The van der Waals surface area contributed by atoms with Crippen molar-refractivity contribution in [2.75, 3.05) is 0 Å². The lowest BCUT2D eigenvalue weighted by Crippen LogP contribution is -2.33. The minimum absolute atomic E-state index is 0.314. The molecule has 0 fully saturated rings. The van der Waals surface area contributed by atoms with Crippen LogP contribution in [0.2, 0.25) is 0 Å². The van der Waals surface area contributed by atoms with E-state index in [1.807, 2.05) is 0 Å². The number of hydrogen-bond donors (Lipinski definition) is 4. The molecule has 0 aliphatic rings. The van der Waals surface area contributed by atoms with Crippen molar-refractivity contribution in [2.45, 2.75) is 12.6 Å². The maximum absolute atomic E-state index is 10.7. The van der Waals surface area contributed by atoms with Gasteiger partial charge < -0.3 is 21.3 Å². The van der Waals surface area contributed by atoms with E-state index >= 15 is 0 Å². The molecule has 78 valence electrons. The Morgan fingerprint density at radius 2 is 2.00 bits per heavy atom. The van der Waals surface area contributed by atoms with Gasteiger partial charge in [-0.15, -0.1) is 0 Å². The molecule has 0 radical (unpaired) electrons. The average Bonchev–Trinajstić information content (AvgIpc) is 2.02. The van der Waals surface area contributed by atoms with E-state index in [1.165, 1.54) is 6.20 Å². The quantitative estimate of drug-likeness (QED) is 0.342. The van der Waals surface area contributed by atoms with Gasteiger partial charge in [-0.05, 0) is 0 Å². The molecule has 1 aromatic rings. The van der Waals surface area contributed by atoms with E-state index in [0.29, 0.717) is 12.1 Å². The smallest absolute Gasteiger partial charge is 0.320 e. The van der Waals surface area contributed by atoms with Crippen molar-refractivity contribution in [3.63, 3.8) is 0 Å². The summed E-state index contributed by atoms with van der Waals surface area (Å²) in [5.74, 6) is 0. The van der Waals surface area contributed by atoms with Gasteiger partial charge in [0.25, 0.3) is 0 Å². The molecule has 0 atom stereocenters. The van der Waals surface area contributed by atoms with Gasteiger partial charge in [-0.1, -0.05) is 0 Å². The first kappa shape index (κ1) is 11.2. The molecule has 0 spiro atoms. The number of nitrogens with two attached hydrogens (primary N) is 2. The number of rotatable bonds is 3. The Bertz CT molecular complexity index is 347. The molecule has 0 aromatic carbocycles. The molecular formula is C6H11N4O3P. The third-order valence-electron chi connectivity index (χ3n) is 1.43. The highest BCUT2D eigenvalue weighted by molar-refractivity contribution is 7.59. The lowest BCUT2D eigenvalue weighted by atomic mass is 10.3. The Kier molecular flexibility index (Phi) is 3.30. The lowest BCUT2D eigenvalue weighted by Gasteiger charge is -2.05. The van der Waals surface area contributed by atoms with Crippen LogP contribution in [-0.4, -0.2) is 25.9 Å². The summed E-state index contributed by atoms with van der Waals surface area (Å²) in [5, 5.41) is 0. The van der Waals surface area contributed by atoms with Gasteiger partial charge in [0.2, 0.25) is 0 Å². The molecule has 1 heterocycles. The molecule has 0 aliphatic heterocycles. The maximum Gasteiger partial charge on any atom is 0.376 e.